The first-order valence-corrected chi connectivity index (χ1v) is 11.4. The number of carbonyl (C=O) groups is 2. The van der Waals surface area contributed by atoms with Crippen molar-refractivity contribution < 1.29 is 9.59 Å². The van der Waals surface area contributed by atoms with Crippen LogP contribution in [0.4, 0.5) is 5.69 Å². The van der Waals surface area contributed by atoms with E-state index in [1.165, 1.54) is 0 Å². The van der Waals surface area contributed by atoms with E-state index in [2.05, 4.69) is 9.97 Å². The number of hydrogen-bond acceptors (Lipinski definition) is 4. The number of halogens is 1. The molecule has 0 unspecified atom stereocenters. The molecule has 7 heteroatoms. The Hall–Kier alpha value is -3.25. The molecule has 33 heavy (non-hydrogen) atoms. The summed E-state index contributed by atoms with van der Waals surface area (Å²) < 4.78 is 0. The predicted molar refractivity (Wildman–Crippen MR) is 128 cm³/mol. The van der Waals surface area contributed by atoms with Crippen LogP contribution in [0.2, 0.25) is 5.02 Å². The normalized spacial score (nSPS) is 17.2. The number of fused-ring (bicyclic) bond motifs is 1. The second kappa shape index (κ2) is 7.96. The van der Waals surface area contributed by atoms with Gasteiger partial charge in [0.25, 0.3) is 11.8 Å². The first-order valence-electron chi connectivity index (χ1n) is 11.0. The van der Waals surface area contributed by atoms with Crippen LogP contribution >= 0.6 is 11.6 Å². The Balaban J connectivity index is 1.30. The maximum absolute atomic E-state index is 13.2. The van der Waals surface area contributed by atoms with Gasteiger partial charge in [0, 0.05) is 42.3 Å². The number of rotatable bonds is 4. The van der Waals surface area contributed by atoms with Crippen molar-refractivity contribution in [1.82, 2.24) is 14.9 Å². The molecule has 5 rings (SSSR count). The van der Waals surface area contributed by atoms with E-state index in [9.17, 15) is 9.59 Å². The third-order valence-corrected chi connectivity index (χ3v) is 6.95. The summed E-state index contributed by atoms with van der Waals surface area (Å²) in [5, 5.41) is 0.619. The summed E-state index contributed by atoms with van der Waals surface area (Å²) in [6.45, 7) is 7.38. The minimum atomic E-state index is -0.529. The average Bonchev–Trinajstić information content (AvgIpc) is 2.95. The van der Waals surface area contributed by atoms with Gasteiger partial charge >= 0.3 is 0 Å². The zero-order valence-corrected chi connectivity index (χ0v) is 19.6. The van der Waals surface area contributed by atoms with Crippen LogP contribution in [0, 0.1) is 12.8 Å². The van der Waals surface area contributed by atoms with Gasteiger partial charge in [-0.25, -0.2) is 0 Å². The SMILES string of the molecule is Cc1ccncc1C(=O)N1CC(Cc2cncc(N3C(=O)c4ccc(Cl)cc4C3(C)C)c2)C1. The van der Waals surface area contributed by atoms with Crippen molar-refractivity contribution in [1.29, 1.82) is 0 Å². The standard InChI is InChI=1S/C26H25ClN4O2/c1-16-6-7-28-13-22(16)24(32)30-14-18(15-30)8-17-9-20(12-29-11-17)31-25(33)21-5-4-19(27)10-23(21)26(31,2)3/h4-7,9-13,18H,8,14-15H2,1-3H3. The molecule has 1 saturated heterocycles. The van der Waals surface area contributed by atoms with E-state index in [0.29, 0.717) is 35.2 Å². The van der Waals surface area contributed by atoms with Gasteiger partial charge in [-0.2, -0.15) is 0 Å². The van der Waals surface area contributed by atoms with E-state index in [4.69, 9.17) is 11.6 Å². The number of hydrogen-bond donors (Lipinski definition) is 0. The molecule has 1 aromatic carbocycles. The fourth-order valence-electron chi connectivity index (χ4n) is 4.91. The van der Waals surface area contributed by atoms with Crippen molar-refractivity contribution in [3.8, 4) is 0 Å². The fourth-order valence-corrected chi connectivity index (χ4v) is 5.08. The lowest BCUT2D eigenvalue weighted by molar-refractivity contribution is 0.0499. The van der Waals surface area contributed by atoms with Gasteiger partial charge in [-0.15, -0.1) is 0 Å². The lowest BCUT2D eigenvalue weighted by atomic mass is 9.91. The summed E-state index contributed by atoms with van der Waals surface area (Å²) in [5.41, 5.74) is 4.49. The van der Waals surface area contributed by atoms with Gasteiger partial charge in [0.05, 0.1) is 23.0 Å². The molecule has 2 amide bonds. The van der Waals surface area contributed by atoms with E-state index in [1.807, 2.05) is 50.1 Å². The molecular formula is C26H25ClN4O2. The van der Waals surface area contributed by atoms with Crippen LogP contribution in [0.5, 0.6) is 0 Å². The summed E-state index contributed by atoms with van der Waals surface area (Å²) in [6, 6.07) is 9.31. The second-order valence-corrected chi connectivity index (χ2v) is 9.85. The summed E-state index contributed by atoms with van der Waals surface area (Å²) in [4.78, 5) is 38.1. The van der Waals surface area contributed by atoms with Crippen LogP contribution in [0.15, 0.2) is 55.1 Å². The van der Waals surface area contributed by atoms with E-state index in [0.717, 1.165) is 28.8 Å². The highest BCUT2D eigenvalue weighted by molar-refractivity contribution is 6.31. The molecule has 4 heterocycles. The van der Waals surface area contributed by atoms with Gasteiger partial charge in [0.15, 0.2) is 0 Å². The van der Waals surface area contributed by atoms with Gasteiger partial charge in [-0.05, 0) is 80.1 Å². The Morgan fingerprint density at radius 1 is 1.12 bits per heavy atom. The first kappa shape index (κ1) is 21.6. The first-order chi connectivity index (χ1) is 15.8. The molecule has 168 valence electrons. The number of nitrogens with zero attached hydrogens (tertiary/aromatic N) is 4. The summed E-state index contributed by atoms with van der Waals surface area (Å²) >= 11 is 6.21. The molecule has 2 aromatic heterocycles. The number of benzene rings is 1. The zero-order valence-electron chi connectivity index (χ0n) is 18.9. The maximum Gasteiger partial charge on any atom is 0.259 e. The van der Waals surface area contributed by atoms with Crippen molar-refractivity contribution in [3.63, 3.8) is 0 Å². The third-order valence-electron chi connectivity index (χ3n) is 6.71. The van der Waals surface area contributed by atoms with Gasteiger partial charge in [0.2, 0.25) is 0 Å². The van der Waals surface area contributed by atoms with Crippen LogP contribution in [-0.2, 0) is 12.0 Å². The minimum Gasteiger partial charge on any atom is -0.338 e. The molecule has 0 radical (unpaired) electrons. The Labute approximate surface area is 198 Å². The van der Waals surface area contributed by atoms with Gasteiger partial charge in [-0.3, -0.25) is 24.5 Å². The summed E-state index contributed by atoms with van der Waals surface area (Å²) in [5.74, 6) is 0.351. The molecule has 1 fully saturated rings. The quantitative estimate of drug-likeness (QED) is 0.568. The number of likely N-dealkylation sites (tertiary alicyclic amines) is 1. The van der Waals surface area contributed by atoms with Crippen molar-refractivity contribution in [3.05, 3.63) is 88.0 Å². The lowest BCUT2D eigenvalue weighted by Crippen LogP contribution is -2.50. The number of carbonyl (C=O) groups excluding carboxylic acids is 2. The Bertz CT molecular complexity index is 1270. The summed E-state index contributed by atoms with van der Waals surface area (Å²) in [6.07, 6.45) is 7.72. The topological polar surface area (TPSA) is 66.4 Å². The van der Waals surface area contributed by atoms with Crippen molar-refractivity contribution in [2.75, 3.05) is 18.0 Å². The molecule has 2 aliphatic rings. The average molecular weight is 461 g/mol. The highest BCUT2D eigenvalue weighted by atomic mass is 35.5. The number of aromatic nitrogens is 2. The predicted octanol–water partition coefficient (Wildman–Crippen LogP) is 4.65. The highest BCUT2D eigenvalue weighted by Gasteiger charge is 2.44. The molecular weight excluding hydrogens is 436 g/mol. The van der Waals surface area contributed by atoms with E-state index in [-0.39, 0.29) is 11.8 Å². The maximum atomic E-state index is 13.2. The van der Waals surface area contributed by atoms with E-state index < -0.39 is 5.54 Å². The van der Waals surface area contributed by atoms with Gasteiger partial charge in [-0.1, -0.05) is 11.6 Å². The number of amides is 2. The molecule has 6 nitrogen and oxygen atoms in total. The third kappa shape index (κ3) is 3.68. The molecule has 0 aliphatic carbocycles. The molecule has 0 N–H and O–H groups in total. The van der Waals surface area contributed by atoms with E-state index in [1.54, 1.807) is 35.6 Å². The van der Waals surface area contributed by atoms with Crippen LogP contribution in [0.3, 0.4) is 0 Å². The minimum absolute atomic E-state index is 0.0320. The number of aryl methyl sites for hydroxylation is 1. The molecule has 0 atom stereocenters. The summed E-state index contributed by atoms with van der Waals surface area (Å²) in [7, 11) is 0. The molecule has 2 aliphatic heterocycles. The van der Waals surface area contributed by atoms with E-state index >= 15 is 0 Å². The van der Waals surface area contributed by atoms with Crippen molar-refractivity contribution in [2.24, 2.45) is 5.92 Å². The fraction of sp³-hybridized carbons (Fsp3) is 0.308. The largest absolute Gasteiger partial charge is 0.338 e. The molecule has 0 spiro atoms. The lowest BCUT2D eigenvalue weighted by Gasteiger charge is -2.39. The monoisotopic (exact) mass is 460 g/mol. The molecule has 3 aromatic rings. The highest BCUT2D eigenvalue weighted by Crippen LogP contribution is 2.42. The Morgan fingerprint density at radius 3 is 2.67 bits per heavy atom. The van der Waals surface area contributed by atoms with Crippen LogP contribution in [0.1, 0.15) is 51.3 Å². The van der Waals surface area contributed by atoms with Crippen LogP contribution in [0.25, 0.3) is 0 Å². The van der Waals surface area contributed by atoms with Gasteiger partial charge < -0.3 is 4.90 Å². The molecule has 0 saturated carbocycles. The number of anilines is 1. The van der Waals surface area contributed by atoms with Gasteiger partial charge in [0.1, 0.15) is 0 Å². The number of pyridine rings is 2. The second-order valence-electron chi connectivity index (χ2n) is 9.41. The smallest absolute Gasteiger partial charge is 0.259 e. The Morgan fingerprint density at radius 2 is 1.91 bits per heavy atom. The van der Waals surface area contributed by atoms with Crippen molar-refractivity contribution in [2.45, 2.75) is 32.7 Å². The van der Waals surface area contributed by atoms with Crippen LogP contribution in [-0.4, -0.2) is 39.8 Å². The van der Waals surface area contributed by atoms with Crippen molar-refractivity contribution >= 4 is 29.1 Å². The molecule has 0 bridgehead atoms. The van der Waals surface area contributed by atoms with Crippen LogP contribution < -0.4 is 4.90 Å². The Kier molecular flexibility index (Phi) is 5.20. The zero-order chi connectivity index (χ0) is 23.3.